The topological polar surface area (TPSA) is 252 Å². The fourth-order valence-corrected chi connectivity index (χ4v) is 9.73. The Balaban J connectivity index is 1.51. The first-order valence-corrected chi connectivity index (χ1v) is 18.6. The van der Waals surface area contributed by atoms with Gasteiger partial charge in [-0.05, 0) is 48.3 Å². The van der Waals surface area contributed by atoms with Crippen molar-refractivity contribution < 1.29 is 73.2 Å². The molecule has 2 heterocycles. The molecule has 7 N–H and O–H groups in total. The summed E-state index contributed by atoms with van der Waals surface area (Å²) < 4.78 is 29.0. The van der Waals surface area contributed by atoms with Crippen LogP contribution >= 0.6 is 0 Å². The molecule has 16 heteroatoms. The molecule has 3 fully saturated rings. The number of ether oxygens (including phenoxy) is 4. The fraction of sp³-hybridized carbons (Fsp3) is 0.600. The van der Waals surface area contributed by atoms with Crippen molar-refractivity contribution in [2.75, 3.05) is 6.61 Å². The summed E-state index contributed by atoms with van der Waals surface area (Å²) in [6.45, 7) is 9.76. The van der Waals surface area contributed by atoms with Gasteiger partial charge in [0.25, 0.3) is 5.91 Å². The Kier molecular flexibility index (Phi) is 10.9. The number of aliphatic hydroxyl groups is 6. The molecule has 1 aromatic heterocycles. The van der Waals surface area contributed by atoms with E-state index in [0.717, 1.165) is 6.92 Å². The van der Waals surface area contributed by atoms with Crippen LogP contribution in [0.5, 0.6) is 0 Å². The van der Waals surface area contributed by atoms with Gasteiger partial charge in [0, 0.05) is 24.2 Å². The van der Waals surface area contributed by atoms with E-state index in [1.807, 2.05) is 0 Å². The van der Waals surface area contributed by atoms with Crippen LogP contribution in [0, 0.1) is 22.7 Å². The zero-order valence-electron chi connectivity index (χ0n) is 32.2. The Morgan fingerprint density at radius 2 is 1.61 bits per heavy atom. The number of aliphatic hydroxyl groups excluding tert-OH is 5. The third-order valence-corrected chi connectivity index (χ3v) is 12.8. The summed E-state index contributed by atoms with van der Waals surface area (Å²) in [7, 11) is 0. The quantitative estimate of drug-likeness (QED) is 0.106. The van der Waals surface area contributed by atoms with E-state index in [1.54, 1.807) is 32.0 Å². The molecule has 1 unspecified atom stereocenters. The van der Waals surface area contributed by atoms with Crippen molar-refractivity contribution in [1.29, 1.82) is 0 Å². The van der Waals surface area contributed by atoms with Crippen molar-refractivity contribution in [1.82, 2.24) is 5.32 Å². The molecular weight excluding hydrogens is 734 g/mol. The Labute approximate surface area is 323 Å². The normalized spacial score (nSPS) is 37.0. The van der Waals surface area contributed by atoms with Crippen LogP contribution in [0.15, 0.2) is 64.3 Å². The van der Waals surface area contributed by atoms with Gasteiger partial charge in [0.2, 0.25) is 0 Å². The van der Waals surface area contributed by atoms with E-state index in [9.17, 15) is 49.8 Å². The minimum absolute atomic E-state index is 0.0139. The lowest BCUT2D eigenvalue weighted by molar-refractivity contribution is -0.370. The van der Waals surface area contributed by atoms with Crippen molar-refractivity contribution in [3.63, 3.8) is 0 Å². The molecule has 1 saturated heterocycles. The second kappa shape index (κ2) is 14.7. The molecule has 2 saturated carbocycles. The van der Waals surface area contributed by atoms with Crippen LogP contribution in [0.2, 0.25) is 0 Å². The number of nitrogens with one attached hydrogen (secondary N) is 1. The maximum absolute atomic E-state index is 14.1. The zero-order chi connectivity index (χ0) is 41.3. The van der Waals surface area contributed by atoms with Crippen LogP contribution in [-0.4, -0.2) is 127 Å². The molecular formula is C40H51NO15. The van der Waals surface area contributed by atoms with E-state index in [0.29, 0.717) is 0 Å². The average Bonchev–Trinajstić information content (AvgIpc) is 3.69. The second-order valence-electron chi connectivity index (χ2n) is 16.5. The van der Waals surface area contributed by atoms with Crippen LogP contribution in [0.3, 0.4) is 0 Å². The number of furan rings is 1. The summed E-state index contributed by atoms with van der Waals surface area (Å²) in [6, 6.07) is 9.32. The number of amides is 1. The van der Waals surface area contributed by atoms with Gasteiger partial charge >= 0.3 is 17.9 Å². The Morgan fingerprint density at radius 1 is 0.946 bits per heavy atom. The van der Waals surface area contributed by atoms with E-state index >= 15 is 0 Å². The van der Waals surface area contributed by atoms with Crippen LogP contribution in [0.4, 0.5) is 0 Å². The Morgan fingerprint density at radius 3 is 2.16 bits per heavy atom. The highest BCUT2D eigenvalue weighted by molar-refractivity contribution is 5.92. The maximum atomic E-state index is 14.1. The van der Waals surface area contributed by atoms with Crippen LogP contribution in [0.1, 0.15) is 75.8 Å². The highest BCUT2D eigenvalue weighted by atomic mass is 16.6. The number of esters is 3. The summed E-state index contributed by atoms with van der Waals surface area (Å²) in [6.07, 6.45) is -13.4. The van der Waals surface area contributed by atoms with Gasteiger partial charge in [0.15, 0.2) is 23.6 Å². The lowest BCUT2D eigenvalue weighted by atomic mass is 9.44. The van der Waals surface area contributed by atoms with Crippen LogP contribution < -0.4 is 5.32 Å². The minimum Gasteiger partial charge on any atom is -0.459 e. The third-order valence-electron chi connectivity index (χ3n) is 12.8. The molecule has 0 radical (unpaired) electrons. The van der Waals surface area contributed by atoms with Gasteiger partial charge in [-0.25, -0.2) is 9.59 Å². The van der Waals surface area contributed by atoms with E-state index < -0.39 is 113 Å². The van der Waals surface area contributed by atoms with Crippen molar-refractivity contribution in [2.45, 2.75) is 121 Å². The number of benzene rings is 1. The Bertz CT molecular complexity index is 1860. The molecule has 0 spiro atoms. The molecule has 1 amide bonds. The highest BCUT2D eigenvalue weighted by Gasteiger charge is 2.79. The van der Waals surface area contributed by atoms with E-state index in [2.05, 4.69) is 5.32 Å². The monoisotopic (exact) mass is 785 g/mol. The standard InChI is InChI=1S/C40H51NO15/c1-18(2)26(41-34(48)22-14-11-15-52-22)28(45)36(50)54-29-19(3)25-27(44)31(46)38(7)23(43)16-24-39(17-53-24,56-20(4)42)30(38)33(40(51,32(29)47)37(25,5)6)55-35(49)21-12-9-8-10-13-21/h8-15,18,23-24,26-33,43-47,51H,16-17H2,1-7H3,(H,41,48)/t23-,24+,26-,27+,28+,29+,30?,31+,32-,33-,38+,39-,40+/m0/s1. The van der Waals surface area contributed by atoms with Crippen LogP contribution in [-0.2, 0) is 28.5 Å². The molecule has 2 bridgehead atoms. The van der Waals surface area contributed by atoms with E-state index in [-0.39, 0.29) is 35.5 Å². The summed E-state index contributed by atoms with van der Waals surface area (Å²) in [5.74, 6) is -6.07. The first-order chi connectivity index (χ1) is 26.2. The molecule has 13 atom stereocenters. The molecule has 16 nitrogen and oxygen atoms in total. The second-order valence-corrected chi connectivity index (χ2v) is 16.5. The molecule has 306 valence electrons. The number of carbonyl (C=O) groups is 4. The number of carbonyl (C=O) groups excluding carboxylic acids is 4. The maximum Gasteiger partial charge on any atom is 0.338 e. The largest absolute Gasteiger partial charge is 0.459 e. The number of rotatable bonds is 9. The highest BCUT2D eigenvalue weighted by Crippen LogP contribution is 2.65. The minimum atomic E-state index is -2.77. The van der Waals surface area contributed by atoms with Crippen molar-refractivity contribution in [2.24, 2.45) is 22.7 Å². The number of hydrogen-bond donors (Lipinski definition) is 7. The predicted molar refractivity (Wildman–Crippen MR) is 192 cm³/mol. The molecule has 3 aliphatic carbocycles. The molecule has 56 heavy (non-hydrogen) atoms. The Hall–Kier alpha value is -4.16. The van der Waals surface area contributed by atoms with Gasteiger partial charge in [-0.2, -0.15) is 0 Å². The fourth-order valence-electron chi connectivity index (χ4n) is 9.73. The van der Waals surface area contributed by atoms with Gasteiger partial charge in [-0.1, -0.05) is 52.8 Å². The zero-order valence-corrected chi connectivity index (χ0v) is 32.2. The summed E-state index contributed by atoms with van der Waals surface area (Å²) in [4.78, 5) is 53.7. The first-order valence-electron chi connectivity index (χ1n) is 18.6. The summed E-state index contributed by atoms with van der Waals surface area (Å²) in [5.41, 5.74) is -8.41. The third kappa shape index (κ3) is 6.17. The van der Waals surface area contributed by atoms with Crippen molar-refractivity contribution in [3.8, 4) is 0 Å². The van der Waals surface area contributed by atoms with Crippen molar-refractivity contribution in [3.05, 3.63) is 71.2 Å². The number of hydrogen-bond acceptors (Lipinski definition) is 15. The summed E-state index contributed by atoms with van der Waals surface area (Å²) >= 11 is 0. The molecule has 1 aliphatic heterocycles. The molecule has 6 rings (SSSR count). The molecule has 4 aliphatic rings. The van der Waals surface area contributed by atoms with Gasteiger partial charge in [-0.15, -0.1) is 0 Å². The van der Waals surface area contributed by atoms with Gasteiger partial charge in [-0.3, -0.25) is 9.59 Å². The summed E-state index contributed by atoms with van der Waals surface area (Å²) in [5, 5.41) is 76.2. The van der Waals surface area contributed by atoms with E-state index in [4.69, 9.17) is 23.4 Å². The van der Waals surface area contributed by atoms with Gasteiger partial charge in [0.05, 0.1) is 42.6 Å². The van der Waals surface area contributed by atoms with Crippen molar-refractivity contribution >= 4 is 23.8 Å². The first kappa shape index (κ1) is 41.5. The lowest BCUT2D eigenvalue weighted by Gasteiger charge is -2.69. The van der Waals surface area contributed by atoms with E-state index in [1.165, 1.54) is 58.2 Å². The van der Waals surface area contributed by atoms with Gasteiger partial charge in [0.1, 0.15) is 30.0 Å². The lowest BCUT2D eigenvalue weighted by Crippen LogP contribution is -2.84. The van der Waals surface area contributed by atoms with Gasteiger partial charge < -0.3 is 59.3 Å². The van der Waals surface area contributed by atoms with Crippen LogP contribution in [0.25, 0.3) is 0 Å². The molecule has 2 aromatic rings. The smallest absolute Gasteiger partial charge is 0.338 e. The predicted octanol–water partition coefficient (Wildman–Crippen LogP) is 0.804. The SMILES string of the molecule is CC(=O)O[C@@]12CO[C@@H]1C[C@H](O)[C@]1(C)C2[C@H](OC(=O)c2ccccc2)[C@]2(O)[C@@H](O)[C@H](OC(=O)[C@H](O)[C@@H](NC(=O)c3ccco3)C(C)C)C(C)=C([C@@H](O)[C@H]1O)C2(C)C. The number of fused-ring (bicyclic) bond motifs is 5. The average molecular weight is 786 g/mol. The molecule has 1 aromatic carbocycles.